The number of hydrogen-bond donors (Lipinski definition) is 2. The normalized spacial score (nSPS) is 13.6. The highest BCUT2D eigenvalue weighted by atomic mass is 35.5. The molecule has 0 atom stereocenters. The topological polar surface area (TPSA) is 67.8 Å². The lowest BCUT2D eigenvalue weighted by Crippen LogP contribution is -2.19. The van der Waals surface area contributed by atoms with E-state index in [9.17, 15) is 4.79 Å². The van der Waals surface area contributed by atoms with Crippen LogP contribution in [0.4, 0.5) is 0 Å². The van der Waals surface area contributed by atoms with E-state index in [-0.39, 0.29) is 17.1 Å². The van der Waals surface area contributed by atoms with E-state index in [1.165, 1.54) is 0 Å². The number of fused-ring (bicyclic) bond motifs is 1. The molecule has 0 aliphatic carbocycles. The third-order valence-corrected chi connectivity index (χ3v) is 2.58. The van der Waals surface area contributed by atoms with E-state index in [1.807, 2.05) is 5.48 Å². The van der Waals surface area contributed by atoms with Crippen LogP contribution in [0.1, 0.15) is 15.9 Å². The van der Waals surface area contributed by atoms with Crippen molar-refractivity contribution in [2.24, 2.45) is 0 Å². The van der Waals surface area contributed by atoms with Gasteiger partial charge in [0.1, 0.15) is 13.2 Å². The minimum atomic E-state index is 0.171. The van der Waals surface area contributed by atoms with Crippen LogP contribution in [0.25, 0.3) is 0 Å². The van der Waals surface area contributed by atoms with Crippen molar-refractivity contribution in [2.45, 2.75) is 6.54 Å². The lowest BCUT2D eigenvalue weighted by Gasteiger charge is -2.22. The summed E-state index contributed by atoms with van der Waals surface area (Å²) in [5, 5.41) is 8.96. The maximum Gasteiger partial charge on any atom is 0.173 e. The summed E-state index contributed by atoms with van der Waals surface area (Å²) in [7, 11) is 0. The molecule has 0 aromatic heterocycles. The molecule has 0 saturated carbocycles. The van der Waals surface area contributed by atoms with E-state index in [0.29, 0.717) is 36.6 Å². The van der Waals surface area contributed by atoms with Gasteiger partial charge >= 0.3 is 0 Å². The first-order valence-corrected chi connectivity index (χ1v) is 5.08. The third-order valence-electron chi connectivity index (χ3n) is 2.26. The van der Waals surface area contributed by atoms with Crippen LogP contribution >= 0.6 is 11.6 Å². The molecule has 2 N–H and O–H groups in total. The van der Waals surface area contributed by atoms with Crippen molar-refractivity contribution in [3.05, 3.63) is 22.2 Å². The molecule has 0 unspecified atom stereocenters. The molecule has 6 heteroatoms. The molecular formula is C10H10ClNO4. The predicted octanol–water partition coefficient (Wildman–Crippen LogP) is 1.40. The number of benzene rings is 1. The minimum Gasteiger partial charge on any atom is -0.486 e. The summed E-state index contributed by atoms with van der Waals surface area (Å²) in [4.78, 5) is 10.9. The standard InChI is InChI=1S/C10H10ClNO4/c11-8-3-6(4-12-14)9-10(7(8)5-13)16-2-1-15-9/h3,5,12,14H,1-2,4H2. The van der Waals surface area contributed by atoms with E-state index in [1.54, 1.807) is 6.07 Å². The average Bonchev–Trinajstić information content (AvgIpc) is 2.30. The Labute approximate surface area is 96.9 Å². The number of rotatable bonds is 3. The molecule has 5 nitrogen and oxygen atoms in total. The number of carbonyl (C=O) groups is 1. The van der Waals surface area contributed by atoms with Gasteiger partial charge in [0, 0.05) is 12.1 Å². The van der Waals surface area contributed by atoms with Crippen LogP contribution < -0.4 is 15.0 Å². The monoisotopic (exact) mass is 243 g/mol. The summed E-state index contributed by atoms with van der Waals surface area (Å²) in [6.45, 7) is 0.954. The fraction of sp³-hybridized carbons (Fsp3) is 0.300. The van der Waals surface area contributed by atoms with Gasteiger partial charge in [0.15, 0.2) is 17.8 Å². The largest absolute Gasteiger partial charge is 0.486 e. The molecule has 0 fully saturated rings. The van der Waals surface area contributed by atoms with Crippen LogP contribution in [0, 0.1) is 0 Å². The van der Waals surface area contributed by atoms with Crippen molar-refractivity contribution in [3.8, 4) is 11.5 Å². The number of hydrogen-bond acceptors (Lipinski definition) is 5. The second-order valence-electron chi connectivity index (χ2n) is 3.24. The Balaban J connectivity index is 2.57. The van der Waals surface area contributed by atoms with Crippen LogP contribution in [0.2, 0.25) is 5.02 Å². The Morgan fingerprint density at radius 2 is 2.12 bits per heavy atom. The first-order valence-electron chi connectivity index (χ1n) is 4.71. The van der Waals surface area contributed by atoms with Gasteiger partial charge in [-0.15, -0.1) is 0 Å². The van der Waals surface area contributed by atoms with Gasteiger partial charge in [-0.25, -0.2) is 5.48 Å². The highest BCUT2D eigenvalue weighted by Gasteiger charge is 2.22. The average molecular weight is 244 g/mol. The fourth-order valence-electron chi connectivity index (χ4n) is 1.59. The second kappa shape index (κ2) is 4.69. The van der Waals surface area contributed by atoms with Crippen LogP contribution in [0.5, 0.6) is 11.5 Å². The van der Waals surface area contributed by atoms with Crippen molar-refractivity contribution in [2.75, 3.05) is 13.2 Å². The van der Waals surface area contributed by atoms with Crippen LogP contribution in [-0.4, -0.2) is 24.7 Å². The number of ether oxygens (including phenoxy) is 2. The SMILES string of the molecule is O=Cc1c(Cl)cc(CNO)c2c1OCCO2. The zero-order chi connectivity index (χ0) is 11.5. The summed E-state index contributed by atoms with van der Waals surface area (Å²) in [6.07, 6.45) is 0.631. The Kier molecular flexibility index (Phi) is 3.28. The fourth-order valence-corrected chi connectivity index (χ4v) is 1.85. The molecule has 16 heavy (non-hydrogen) atoms. The van der Waals surface area contributed by atoms with E-state index < -0.39 is 0 Å². The Morgan fingerprint density at radius 1 is 1.44 bits per heavy atom. The summed E-state index contributed by atoms with van der Waals surface area (Å²) in [6, 6.07) is 1.57. The molecule has 0 amide bonds. The third kappa shape index (κ3) is 1.84. The zero-order valence-electron chi connectivity index (χ0n) is 8.33. The molecule has 1 aromatic rings. The van der Waals surface area contributed by atoms with Crippen LogP contribution in [0.3, 0.4) is 0 Å². The van der Waals surface area contributed by atoms with Gasteiger partial charge < -0.3 is 14.7 Å². The van der Waals surface area contributed by atoms with Gasteiger partial charge in [0.05, 0.1) is 10.6 Å². The van der Waals surface area contributed by atoms with Gasteiger partial charge in [-0.1, -0.05) is 11.6 Å². The molecule has 0 radical (unpaired) electrons. The first-order chi connectivity index (χ1) is 7.77. The molecule has 0 bridgehead atoms. The zero-order valence-corrected chi connectivity index (χ0v) is 9.08. The van der Waals surface area contributed by atoms with Crippen molar-refractivity contribution >= 4 is 17.9 Å². The van der Waals surface area contributed by atoms with Gasteiger partial charge in [-0.05, 0) is 6.07 Å². The van der Waals surface area contributed by atoms with Crippen molar-refractivity contribution in [1.82, 2.24) is 5.48 Å². The van der Waals surface area contributed by atoms with Crippen molar-refractivity contribution < 1.29 is 19.5 Å². The summed E-state index contributed by atoms with van der Waals surface area (Å²) < 4.78 is 10.8. The number of hydroxylamine groups is 1. The van der Waals surface area contributed by atoms with Crippen molar-refractivity contribution in [3.63, 3.8) is 0 Å². The van der Waals surface area contributed by atoms with Gasteiger partial charge in [-0.2, -0.15) is 0 Å². The predicted molar refractivity (Wildman–Crippen MR) is 56.5 cm³/mol. The minimum absolute atomic E-state index is 0.171. The summed E-state index contributed by atoms with van der Waals surface area (Å²) in [5.74, 6) is 0.804. The van der Waals surface area contributed by atoms with Gasteiger partial charge in [-0.3, -0.25) is 4.79 Å². The molecular weight excluding hydrogens is 234 g/mol. The maximum absolute atomic E-state index is 10.9. The van der Waals surface area contributed by atoms with E-state index >= 15 is 0 Å². The Hall–Kier alpha value is -1.30. The Morgan fingerprint density at radius 3 is 2.75 bits per heavy atom. The molecule has 1 aromatic carbocycles. The molecule has 2 rings (SSSR count). The lowest BCUT2D eigenvalue weighted by atomic mass is 10.1. The molecule has 0 spiro atoms. The molecule has 1 aliphatic rings. The van der Waals surface area contributed by atoms with E-state index in [2.05, 4.69) is 0 Å². The highest BCUT2D eigenvalue weighted by Crippen LogP contribution is 2.40. The molecule has 86 valence electrons. The van der Waals surface area contributed by atoms with Gasteiger partial charge in [0.2, 0.25) is 0 Å². The molecule has 1 aliphatic heterocycles. The first kappa shape index (κ1) is 11.2. The second-order valence-corrected chi connectivity index (χ2v) is 3.65. The smallest absolute Gasteiger partial charge is 0.173 e. The Bertz CT molecular complexity index is 422. The number of carbonyl (C=O) groups excluding carboxylic acids is 1. The van der Waals surface area contributed by atoms with E-state index in [0.717, 1.165) is 0 Å². The van der Waals surface area contributed by atoms with Gasteiger partial charge in [0.25, 0.3) is 0 Å². The number of nitrogens with one attached hydrogen (secondary N) is 1. The van der Waals surface area contributed by atoms with Crippen LogP contribution in [0.15, 0.2) is 6.07 Å². The molecule has 1 heterocycles. The number of aldehydes is 1. The maximum atomic E-state index is 10.9. The lowest BCUT2D eigenvalue weighted by molar-refractivity contribution is 0.111. The van der Waals surface area contributed by atoms with Crippen LogP contribution in [-0.2, 0) is 6.54 Å². The quantitative estimate of drug-likeness (QED) is 0.621. The summed E-state index contributed by atoms with van der Waals surface area (Å²) >= 11 is 5.93. The van der Waals surface area contributed by atoms with E-state index in [4.69, 9.17) is 26.3 Å². The van der Waals surface area contributed by atoms with Crippen molar-refractivity contribution in [1.29, 1.82) is 0 Å². The summed E-state index contributed by atoms with van der Waals surface area (Å²) in [5.41, 5.74) is 2.94. The number of halogens is 1. The highest BCUT2D eigenvalue weighted by molar-refractivity contribution is 6.33. The molecule has 0 saturated heterocycles.